The summed E-state index contributed by atoms with van der Waals surface area (Å²) < 4.78 is 1.42. The van der Waals surface area contributed by atoms with Gasteiger partial charge < -0.3 is 9.80 Å². The van der Waals surface area contributed by atoms with Crippen LogP contribution in [-0.4, -0.2) is 62.2 Å². The minimum absolute atomic E-state index is 0.0975. The Morgan fingerprint density at radius 1 is 1.21 bits per heavy atom. The molecule has 8 nitrogen and oxygen atoms in total. The van der Waals surface area contributed by atoms with Gasteiger partial charge in [-0.2, -0.15) is 0 Å². The molecule has 2 bridgehead atoms. The summed E-state index contributed by atoms with van der Waals surface area (Å²) in [6, 6.07) is 3.94. The number of likely N-dealkylation sites (N-methyl/N-ethyl adjacent to an activating group) is 1. The summed E-state index contributed by atoms with van der Waals surface area (Å²) in [4.78, 5) is 17.4. The third kappa shape index (κ3) is 2.76. The molecule has 3 saturated carbocycles. The van der Waals surface area contributed by atoms with E-state index >= 15 is 0 Å². The zero-order chi connectivity index (χ0) is 20.3. The summed E-state index contributed by atoms with van der Waals surface area (Å²) in [6.45, 7) is 12.5. The van der Waals surface area contributed by atoms with Crippen molar-refractivity contribution in [3.8, 4) is 0 Å². The van der Waals surface area contributed by atoms with E-state index in [9.17, 15) is 4.79 Å². The zero-order valence-electron chi connectivity index (χ0n) is 17.8. The minimum atomic E-state index is -0.0975. The van der Waals surface area contributed by atoms with Crippen molar-refractivity contribution in [3.05, 3.63) is 12.1 Å². The third-order valence-electron chi connectivity index (χ3n) is 7.08. The average Bonchev–Trinajstić information content (AvgIpc) is 2.97. The molecule has 2 aromatic heterocycles. The molecular formula is C20H31N7O. The normalized spacial score (nSPS) is 26.1. The molecule has 3 fully saturated rings. The molecule has 3 aliphatic rings. The highest BCUT2D eigenvalue weighted by Gasteiger charge is 2.75. The van der Waals surface area contributed by atoms with Gasteiger partial charge in [0.25, 0.3) is 0 Å². The van der Waals surface area contributed by atoms with E-state index in [4.69, 9.17) is 0 Å². The van der Waals surface area contributed by atoms with Crippen molar-refractivity contribution in [2.45, 2.75) is 59.9 Å². The molecule has 0 aromatic carbocycles. The maximum absolute atomic E-state index is 13.3. The summed E-state index contributed by atoms with van der Waals surface area (Å²) in [5.74, 6) is 1.12. The molecule has 2 aromatic rings. The van der Waals surface area contributed by atoms with Gasteiger partial charge in [0.05, 0.1) is 5.41 Å². The number of hydrogen-bond acceptors (Lipinski definition) is 6. The molecule has 8 heteroatoms. The van der Waals surface area contributed by atoms with E-state index in [0.29, 0.717) is 35.5 Å². The molecule has 152 valence electrons. The van der Waals surface area contributed by atoms with Crippen molar-refractivity contribution in [1.29, 1.82) is 0 Å². The number of carbonyl (C=O) groups is 1. The van der Waals surface area contributed by atoms with E-state index in [-0.39, 0.29) is 11.5 Å². The quantitative estimate of drug-likeness (QED) is 0.760. The first-order chi connectivity index (χ1) is 13.1. The van der Waals surface area contributed by atoms with E-state index in [1.807, 2.05) is 24.1 Å². The Hall–Kier alpha value is -2.25. The number of fused-ring (bicyclic) bond motifs is 1. The molecule has 0 unspecified atom stereocenters. The van der Waals surface area contributed by atoms with E-state index in [1.54, 1.807) is 0 Å². The van der Waals surface area contributed by atoms with Crippen LogP contribution in [0.2, 0.25) is 0 Å². The fourth-order valence-electron chi connectivity index (χ4n) is 4.93. The third-order valence-corrected chi connectivity index (χ3v) is 7.08. The SMILES string of the molecule is CC(C)N(CCN(C)c1ccc2nnnn2n1)C(=O)C12CC(C(C)(C)C)(C1)C2. The number of amides is 1. The smallest absolute Gasteiger partial charge is 0.229 e. The summed E-state index contributed by atoms with van der Waals surface area (Å²) in [5, 5.41) is 15.8. The maximum Gasteiger partial charge on any atom is 0.229 e. The molecular weight excluding hydrogens is 354 g/mol. The van der Waals surface area contributed by atoms with Gasteiger partial charge in [-0.3, -0.25) is 4.79 Å². The Morgan fingerprint density at radius 2 is 1.89 bits per heavy atom. The van der Waals surface area contributed by atoms with E-state index in [2.05, 4.69) is 60.1 Å². The van der Waals surface area contributed by atoms with Crippen LogP contribution in [-0.2, 0) is 4.79 Å². The van der Waals surface area contributed by atoms with Crippen LogP contribution in [0.1, 0.15) is 53.9 Å². The fraction of sp³-hybridized carbons (Fsp3) is 0.750. The highest BCUT2D eigenvalue weighted by Crippen LogP contribution is 2.79. The van der Waals surface area contributed by atoms with Gasteiger partial charge in [-0.1, -0.05) is 20.8 Å². The Labute approximate surface area is 166 Å². The largest absolute Gasteiger partial charge is 0.356 e. The average molecular weight is 386 g/mol. The molecule has 0 aliphatic heterocycles. The van der Waals surface area contributed by atoms with Crippen molar-refractivity contribution < 1.29 is 4.79 Å². The Morgan fingerprint density at radius 3 is 2.50 bits per heavy atom. The molecule has 5 rings (SSSR count). The van der Waals surface area contributed by atoms with Crippen molar-refractivity contribution >= 4 is 17.4 Å². The number of anilines is 1. The van der Waals surface area contributed by atoms with Gasteiger partial charge >= 0.3 is 0 Å². The van der Waals surface area contributed by atoms with Crippen molar-refractivity contribution in [2.75, 3.05) is 25.0 Å². The molecule has 0 saturated heterocycles. The molecule has 28 heavy (non-hydrogen) atoms. The van der Waals surface area contributed by atoms with Crippen LogP contribution >= 0.6 is 0 Å². The first-order valence-corrected chi connectivity index (χ1v) is 10.1. The van der Waals surface area contributed by atoms with Crippen molar-refractivity contribution in [3.63, 3.8) is 0 Å². The molecule has 0 spiro atoms. The lowest BCUT2D eigenvalue weighted by Gasteiger charge is -2.75. The highest BCUT2D eigenvalue weighted by molar-refractivity contribution is 5.87. The number of tetrazole rings is 1. The Balaban J connectivity index is 1.40. The number of hydrogen-bond donors (Lipinski definition) is 0. The van der Waals surface area contributed by atoms with Crippen LogP contribution in [0.25, 0.3) is 5.65 Å². The second kappa shape index (κ2) is 6.12. The van der Waals surface area contributed by atoms with Crippen LogP contribution in [0.15, 0.2) is 12.1 Å². The van der Waals surface area contributed by atoms with Gasteiger partial charge in [0.1, 0.15) is 0 Å². The van der Waals surface area contributed by atoms with Gasteiger partial charge in [-0.15, -0.1) is 14.8 Å². The lowest BCUT2D eigenvalue weighted by atomic mass is 9.29. The number of carbonyl (C=O) groups excluding carboxylic acids is 1. The van der Waals surface area contributed by atoms with E-state index < -0.39 is 0 Å². The predicted molar refractivity (Wildman–Crippen MR) is 107 cm³/mol. The van der Waals surface area contributed by atoms with Crippen molar-refractivity contribution in [1.82, 2.24) is 30.2 Å². The van der Waals surface area contributed by atoms with Gasteiger partial charge in [0.2, 0.25) is 5.91 Å². The van der Waals surface area contributed by atoms with Crippen LogP contribution < -0.4 is 4.90 Å². The van der Waals surface area contributed by atoms with Crippen LogP contribution in [0, 0.1) is 16.2 Å². The van der Waals surface area contributed by atoms with Crippen molar-refractivity contribution in [2.24, 2.45) is 16.2 Å². The lowest BCUT2D eigenvalue weighted by molar-refractivity contribution is -0.255. The topological polar surface area (TPSA) is 79.5 Å². The summed E-state index contributed by atoms with van der Waals surface area (Å²) in [7, 11) is 1.98. The van der Waals surface area contributed by atoms with Gasteiger partial charge in [-0.05, 0) is 66.5 Å². The maximum atomic E-state index is 13.3. The molecule has 0 radical (unpaired) electrons. The van der Waals surface area contributed by atoms with Crippen LogP contribution in [0.4, 0.5) is 5.82 Å². The lowest BCUT2D eigenvalue weighted by Crippen LogP contribution is -2.72. The highest BCUT2D eigenvalue weighted by atomic mass is 16.2. The molecule has 1 amide bonds. The molecule has 0 N–H and O–H groups in total. The first-order valence-electron chi connectivity index (χ1n) is 10.1. The molecule has 0 atom stereocenters. The van der Waals surface area contributed by atoms with Gasteiger partial charge in [0.15, 0.2) is 11.5 Å². The zero-order valence-corrected chi connectivity index (χ0v) is 17.8. The summed E-state index contributed by atoms with van der Waals surface area (Å²) in [5.41, 5.74) is 1.19. The monoisotopic (exact) mass is 385 g/mol. The predicted octanol–water partition coefficient (Wildman–Crippen LogP) is 2.41. The van der Waals surface area contributed by atoms with E-state index in [1.165, 1.54) is 4.63 Å². The Kier molecular flexibility index (Phi) is 4.17. The molecule has 3 aliphatic carbocycles. The number of aromatic nitrogens is 5. The number of rotatable bonds is 6. The second-order valence-electron chi connectivity index (χ2n) is 10.1. The van der Waals surface area contributed by atoms with Gasteiger partial charge in [-0.25, -0.2) is 0 Å². The fourth-order valence-corrected chi connectivity index (χ4v) is 4.93. The summed E-state index contributed by atoms with van der Waals surface area (Å²) >= 11 is 0. The summed E-state index contributed by atoms with van der Waals surface area (Å²) in [6.07, 6.45) is 3.16. The Bertz CT molecular complexity index is 878. The second-order valence-corrected chi connectivity index (χ2v) is 10.1. The first kappa shape index (κ1) is 19.1. The standard InChI is InChI=1S/C20H31N7O/c1-14(2)26(17(28)19-11-20(12-19,13-19)18(3,4)5)10-9-25(6)16-8-7-15-21-23-24-27(15)22-16/h7-8,14H,9-13H2,1-6H3. The van der Waals surface area contributed by atoms with Crippen LogP contribution in [0.3, 0.4) is 0 Å². The molecule has 2 heterocycles. The van der Waals surface area contributed by atoms with Crippen LogP contribution in [0.5, 0.6) is 0 Å². The number of nitrogens with zero attached hydrogens (tertiary/aromatic N) is 7. The van der Waals surface area contributed by atoms with Gasteiger partial charge in [0, 0.05) is 26.2 Å². The minimum Gasteiger partial charge on any atom is -0.356 e. The van der Waals surface area contributed by atoms with E-state index in [0.717, 1.165) is 25.1 Å².